The van der Waals surface area contributed by atoms with Crippen LogP contribution in [0.2, 0.25) is 5.02 Å². The van der Waals surface area contributed by atoms with Gasteiger partial charge in [-0.15, -0.1) is 0 Å². The maximum atomic E-state index is 13.1. The fraction of sp³-hybridized carbons (Fsp3) is 0. The van der Waals surface area contributed by atoms with Gasteiger partial charge in [0, 0.05) is 11.1 Å². The summed E-state index contributed by atoms with van der Waals surface area (Å²) in [5.74, 6) is 6.33. The zero-order chi connectivity index (χ0) is 15.0. The van der Waals surface area contributed by atoms with Gasteiger partial charge in [-0.2, -0.15) is 0 Å². The monoisotopic (exact) mass is 302 g/mol. The van der Waals surface area contributed by atoms with Gasteiger partial charge < -0.3 is 11.6 Å². The molecule has 6 heteroatoms. The van der Waals surface area contributed by atoms with Gasteiger partial charge in [-0.3, -0.25) is 0 Å². The molecule has 1 aromatic heterocycles. The standard InChI is InChI=1S/C15H12ClFN4/c16-12-8-10(17)6-7-11(12)13-14(18)21(19)15(20-13)9-4-2-1-3-5-9/h1-8H,18-19H2. The van der Waals surface area contributed by atoms with Crippen molar-refractivity contribution in [2.45, 2.75) is 0 Å². The van der Waals surface area contributed by atoms with E-state index in [0.717, 1.165) is 5.56 Å². The van der Waals surface area contributed by atoms with Gasteiger partial charge in [0.1, 0.15) is 11.5 Å². The molecule has 0 saturated heterocycles. The molecule has 1 heterocycles. The number of hydrogen-bond acceptors (Lipinski definition) is 3. The molecule has 0 fully saturated rings. The van der Waals surface area contributed by atoms with E-state index in [-0.39, 0.29) is 10.8 Å². The van der Waals surface area contributed by atoms with Gasteiger partial charge in [0.2, 0.25) is 0 Å². The average molecular weight is 303 g/mol. The Bertz CT molecular complexity index is 799. The topological polar surface area (TPSA) is 69.9 Å². The molecule has 0 radical (unpaired) electrons. The van der Waals surface area contributed by atoms with Crippen LogP contribution in [0, 0.1) is 5.82 Å². The minimum absolute atomic E-state index is 0.236. The van der Waals surface area contributed by atoms with E-state index in [2.05, 4.69) is 4.98 Å². The maximum Gasteiger partial charge on any atom is 0.160 e. The normalized spacial score (nSPS) is 10.8. The highest BCUT2D eigenvalue weighted by Gasteiger charge is 2.18. The summed E-state index contributed by atoms with van der Waals surface area (Å²) in [7, 11) is 0. The van der Waals surface area contributed by atoms with Gasteiger partial charge in [-0.25, -0.2) is 14.1 Å². The SMILES string of the molecule is Nc1c(-c2ccc(F)cc2Cl)nc(-c2ccccc2)n1N. The van der Waals surface area contributed by atoms with Gasteiger partial charge >= 0.3 is 0 Å². The first kappa shape index (κ1) is 13.5. The third-order valence-corrected chi connectivity index (χ3v) is 3.48. The van der Waals surface area contributed by atoms with Crippen molar-refractivity contribution in [3.63, 3.8) is 0 Å². The van der Waals surface area contributed by atoms with Gasteiger partial charge in [0.25, 0.3) is 0 Å². The number of imidazole rings is 1. The van der Waals surface area contributed by atoms with Crippen molar-refractivity contribution >= 4 is 17.4 Å². The first-order chi connectivity index (χ1) is 10.1. The second kappa shape index (κ2) is 5.10. The average Bonchev–Trinajstić information content (AvgIpc) is 2.77. The Hall–Kier alpha value is -2.53. The van der Waals surface area contributed by atoms with Gasteiger partial charge in [0.15, 0.2) is 11.6 Å². The van der Waals surface area contributed by atoms with Crippen molar-refractivity contribution in [2.75, 3.05) is 11.6 Å². The summed E-state index contributed by atoms with van der Waals surface area (Å²) in [6.45, 7) is 0. The van der Waals surface area contributed by atoms with Crippen LogP contribution < -0.4 is 11.6 Å². The molecule has 3 rings (SSSR count). The number of nitrogen functional groups attached to an aromatic ring is 2. The number of anilines is 1. The second-order valence-corrected chi connectivity index (χ2v) is 4.94. The number of halogens is 2. The summed E-state index contributed by atoms with van der Waals surface area (Å²) in [5.41, 5.74) is 7.80. The molecule has 4 N–H and O–H groups in total. The van der Waals surface area contributed by atoms with Crippen molar-refractivity contribution < 1.29 is 4.39 Å². The molecule has 0 aliphatic rings. The van der Waals surface area contributed by atoms with E-state index in [1.54, 1.807) is 0 Å². The highest BCUT2D eigenvalue weighted by atomic mass is 35.5. The Balaban J connectivity index is 2.17. The number of nitrogens with two attached hydrogens (primary N) is 2. The van der Waals surface area contributed by atoms with E-state index < -0.39 is 5.82 Å². The van der Waals surface area contributed by atoms with Crippen molar-refractivity contribution in [1.29, 1.82) is 0 Å². The quantitative estimate of drug-likeness (QED) is 0.714. The third-order valence-electron chi connectivity index (χ3n) is 3.17. The van der Waals surface area contributed by atoms with Crippen LogP contribution in [0.15, 0.2) is 48.5 Å². The highest BCUT2D eigenvalue weighted by Crippen LogP contribution is 2.34. The number of rotatable bonds is 2. The molecule has 3 aromatic rings. The molecule has 0 aliphatic heterocycles. The molecule has 0 saturated carbocycles. The van der Waals surface area contributed by atoms with Crippen LogP contribution in [0.4, 0.5) is 10.2 Å². The molecule has 0 spiro atoms. The Morgan fingerprint density at radius 3 is 2.48 bits per heavy atom. The van der Waals surface area contributed by atoms with Crippen LogP contribution in [0.3, 0.4) is 0 Å². The van der Waals surface area contributed by atoms with Crippen molar-refractivity contribution in [3.05, 3.63) is 59.4 Å². The van der Waals surface area contributed by atoms with Crippen LogP contribution in [0.25, 0.3) is 22.6 Å². The second-order valence-electron chi connectivity index (χ2n) is 4.53. The van der Waals surface area contributed by atoms with Gasteiger partial charge in [-0.1, -0.05) is 41.9 Å². The van der Waals surface area contributed by atoms with Crippen LogP contribution in [-0.4, -0.2) is 9.66 Å². The zero-order valence-corrected chi connectivity index (χ0v) is 11.7. The molecule has 0 bridgehead atoms. The first-order valence-electron chi connectivity index (χ1n) is 6.22. The molecule has 0 unspecified atom stereocenters. The molecular formula is C15H12ClFN4. The summed E-state index contributed by atoms with van der Waals surface area (Å²) >= 11 is 6.06. The summed E-state index contributed by atoms with van der Waals surface area (Å²) in [6.07, 6.45) is 0. The Morgan fingerprint density at radius 1 is 1.10 bits per heavy atom. The minimum Gasteiger partial charge on any atom is -0.382 e. The van der Waals surface area contributed by atoms with Crippen LogP contribution in [0.5, 0.6) is 0 Å². The molecule has 2 aromatic carbocycles. The Kier molecular flexibility index (Phi) is 3.27. The van der Waals surface area contributed by atoms with E-state index in [9.17, 15) is 4.39 Å². The lowest BCUT2D eigenvalue weighted by Gasteiger charge is -2.03. The summed E-state index contributed by atoms with van der Waals surface area (Å²) < 4.78 is 14.4. The zero-order valence-electron chi connectivity index (χ0n) is 10.9. The lowest BCUT2D eigenvalue weighted by Crippen LogP contribution is -2.13. The predicted octanol–water partition coefficient (Wildman–Crippen LogP) is 3.31. The smallest absolute Gasteiger partial charge is 0.160 e. The van der Waals surface area contributed by atoms with Gasteiger partial charge in [-0.05, 0) is 18.2 Å². The first-order valence-corrected chi connectivity index (χ1v) is 6.60. The van der Waals surface area contributed by atoms with Crippen molar-refractivity contribution in [2.24, 2.45) is 0 Å². The van der Waals surface area contributed by atoms with E-state index in [4.69, 9.17) is 23.2 Å². The summed E-state index contributed by atoms with van der Waals surface area (Å²) in [5, 5.41) is 0.236. The molecule has 21 heavy (non-hydrogen) atoms. The summed E-state index contributed by atoms with van der Waals surface area (Å²) in [4.78, 5) is 4.45. The molecule has 0 aliphatic carbocycles. The van der Waals surface area contributed by atoms with E-state index >= 15 is 0 Å². The third kappa shape index (κ3) is 2.32. The molecule has 0 atom stereocenters. The highest BCUT2D eigenvalue weighted by molar-refractivity contribution is 6.33. The van der Waals surface area contributed by atoms with Crippen molar-refractivity contribution in [1.82, 2.24) is 9.66 Å². The number of benzene rings is 2. The van der Waals surface area contributed by atoms with Crippen molar-refractivity contribution in [3.8, 4) is 22.6 Å². The van der Waals surface area contributed by atoms with Crippen LogP contribution >= 0.6 is 11.6 Å². The van der Waals surface area contributed by atoms with Crippen LogP contribution in [-0.2, 0) is 0 Å². The number of nitrogens with zero attached hydrogens (tertiary/aromatic N) is 2. The van der Waals surface area contributed by atoms with Crippen LogP contribution in [0.1, 0.15) is 0 Å². The minimum atomic E-state index is -0.419. The molecule has 106 valence electrons. The fourth-order valence-corrected chi connectivity index (χ4v) is 2.37. The van der Waals surface area contributed by atoms with E-state index in [0.29, 0.717) is 17.1 Å². The molecule has 0 amide bonds. The summed E-state index contributed by atoms with van der Waals surface area (Å²) in [6, 6.07) is 13.5. The fourth-order valence-electron chi connectivity index (χ4n) is 2.12. The van der Waals surface area contributed by atoms with Gasteiger partial charge in [0.05, 0.1) is 5.02 Å². The number of aromatic nitrogens is 2. The molecular weight excluding hydrogens is 291 g/mol. The van der Waals surface area contributed by atoms with E-state index in [1.165, 1.54) is 22.9 Å². The Labute approximate surface area is 125 Å². The Morgan fingerprint density at radius 2 is 1.81 bits per heavy atom. The largest absolute Gasteiger partial charge is 0.382 e. The maximum absolute atomic E-state index is 13.1. The lowest BCUT2D eigenvalue weighted by atomic mass is 10.1. The predicted molar refractivity (Wildman–Crippen MR) is 82.6 cm³/mol. The number of hydrogen-bond donors (Lipinski definition) is 2. The lowest BCUT2D eigenvalue weighted by molar-refractivity contribution is 0.628. The molecule has 4 nitrogen and oxygen atoms in total. The van der Waals surface area contributed by atoms with E-state index in [1.807, 2.05) is 30.3 Å².